The summed E-state index contributed by atoms with van der Waals surface area (Å²) in [7, 11) is 0. The van der Waals surface area contributed by atoms with Crippen LogP contribution in [0.5, 0.6) is 0 Å². The largest absolute Gasteiger partial charge is 0.388 e. The van der Waals surface area contributed by atoms with Gasteiger partial charge in [-0.3, -0.25) is 4.98 Å². The Hall–Kier alpha value is -1.06. The number of aliphatic hydroxyl groups is 1. The van der Waals surface area contributed by atoms with Crippen LogP contribution in [0, 0.1) is 0 Å². The molecule has 0 aliphatic heterocycles. The molecule has 0 saturated heterocycles. The quantitative estimate of drug-likeness (QED) is 0.861. The summed E-state index contributed by atoms with van der Waals surface area (Å²) in [4.78, 5) is 4.27. The first-order valence-electron chi connectivity index (χ1n) is 4.83. The van der Waals surface area contributed by atoms with Crippen molar-refractivity contribution in [1.29, 1.82) is 0 Å². The lowest BCUT2D eigenvalue weighted by Crippen LogP contribution is -2.01. The molecule has 1 N–H and O–H groups in total. The van der Waals surface area contributed by atoms with E-state index >= 15 is 0 Å². The summed E-state index contributed by atoms with van der Waals surface area (Å²) in [6, 6.07) is 9.77. The molecule has 15 heavy (non-hydrogen) atoms. The minimum Gasteiger partial charge on any atom is -0.388 e. The Labute approximate surface area is 93.3 Å². The van der Waals surface area contributed by atoms with Crippen molar-refractivity contribution >= 4 is 22.7 Å². The van der Waals surface area contributed by atoms with Crippen LogP contribution >= 0.6 is 11.8 Å². The predicted octanol–water partition coefficient (Wildman–Crippen LogP) is 2.63. The first kappa shape index (κ1) is 10.5. The van der Waals surface area contributed by atoms with Gasteiger partial charge in [0.2, 0.25) is 0 Å². The molecule has 0 fully saturated rings. The van der Waals surface area contributed by atoms with Crippen molar-refractivity contribution in [2.75, 3.05) is 12.0 Å². The number of pyridine rings is 1. The molecular weight excluding hydrogens is 206 g/mol. The smallest absolute Gasteiger partial charge is 0.0886 e. The minimum atomic E-state index is -0.409. The highest BCUT2D eigenvalue weighted by molar-refractivity contribution is 7.98. The van der Waals surface area contributed by atoms with Gasteiger partial charge in [-0.2, -0.15) is 11.8 Å². The van der Waals surface area contributed by atoms with E-state index in [2.05, 4.69) is 4.98 Å². The number of thioether (sulfide) groups is 1. The van der Waals surface area contributed by atoms with Crippen molar-refractivity contribution in [3.63, 3.8) is 0 Å². The second kappa shape index (κ2) is 4.64. The third kappa shape index (κ3) is 2.13. The van der Waals surface area contributed by atoms with Crippen LogP contribution < -0.4 is 0 Å². The Bertz CT molecular complexity index is 453. The summed E-state index contributed by atoms with van der Waals surface area (Å²) in [6.07, 6.45) is 3.35. The normalized spacial score (nSPS) is 12.9. The summed E-state index contributed by atoms with van der Waals surface area (Å²) in [5, 5.41) is 11.0. The maximum absolute atomic E-state index is 9.97. The van der Waals surface area contributed by atoms with E-state index in [1.807, 2.05) is 36.6 Å². The van der Waals surface area contributed by atoms with Crippen molar-refractivity contribution in [3.8, 4) is 0 Å². The summed E-state index contributed by atoms with van der Waals surface area (Å²) < 4.78 is 0. The van der Waals surface area contributed by atoms with Crippen LogP contribution in [0.3, 0.4) is 0 Å². The van der Waals surface area contributed by atoms with E-state index in [4.69, 9.17) is 0 Å². The zero-order chi connectivity index (χ0) is 10.7. The van der Waals surface area contributed by atoms with E-state index < -0.39 is 6.10 Å². The Morgan fingerprint density at radius 3 is 3.00 bits per heavy atom. The molecule has 1 atom stereocenters. The zero-order valence-electron chi connectivity index (χ0n) is 8.55. The van der Waals surface area contributed by atoms with Gasteiger partial charge in [-0.05, 0) is 24.0 Å². The molecule has 1 aromatic carbocycles. The molecular formula is C12H13NOS. The number of hydrogen-bond acceptors (Lipinski definition) is 3. The Kier molecular flexibility index (Phi) is 3.23. The van der Waals surface area contributed by atoms with Crippen molar-refractivity contribution in [2.24, 2.45) is 0 Å². The molecule has 78 valence electrons. The van der Waals surface area contributed by atoms with E-state index in [0.29, 0.717) is 5.75 Å². The van der Waals surface area contributed by atoms with Gasteiger partial charge in [-0.25, -0.2) is 0 Å². The van der Waals surface area contributed by atoms with Gasteiger partial charge >= 0.3 is 0 Å². The summed E-state index contributed by atoms with van der Waals surface area (Å²) in [6.45, 7) is 0. The van der Waals surface area contributed by atoms with Crippen molar-refractivity contribution in [1.82, 2.24) is 4.98 Å². The number of rotatable bonds is 3. The van der Waals surface area contributed by atoms with E-state index in [1.165, 1.54) is 0 Å². The number of aromatic nitrogens is 1. The van der Waals surface area contributed by atoms with Gasteiger partial charge in [-0.1, -0.05) is 18.2 Å². The van der Waals surface area contributed by atoms with Crippen molar-refractivity contribution < 1.29 is 5.11 Å². The number of nitrogens with zero attached hydrogens (tertiary/aromatic N) is 1. The number of fused-ring (bicyclic) bond motifs is 1. The van der Waals surface area contributed by atoms with Crippen LogP contribution in [0.4, 0.5) is 0 Å². The maximum atomic E-state index is 9.97. The minimum absolute atomic E-state index is 0.409. The third-order valence-electron chi connectivity index (χ3n) is 2.36. The molecule has 1 aromatic heterocycles. The van der Waals surface area contributed by atoms with Gasteiger partial charge in [0.15, 0.2) is 0 Å². The second-order valence-corrected chi connectivity index (χ2v) is 4.30. The summed E-state index contributed by atoms with van der Waals surface area (Å²) in [5.41, 5.74) is 1.91. The molecule has 0 aliphatic rings. The lowest BCUT2D eigenvalue weighted by molar-refractivity contribution is 0.206. The van der Waals surface area contributed by atoms with Crippen LogP contribution in [0.1, 0.15) is 11.7 Å². The Morgan fingerprint density at radius 2 is 2.20 bits per heavy atom. The van der Waals surface area contributed by atoms with Crippen LogP contribution in [0.2, 0.25) is 0 Å². The Morgan fingerprint density at radius 1 is 1.33 bits per heavy atom. The van der Waals surface area contributed by atoms with Crippen LogP contribution in [-0.2, 0) is 0 Å². The Balaban J connectivity index is 2.50. The first-order valence-corrected chi connectivity index (χ1v) is 6.23. The van der Waals surface area contributed by atoms with Gasteiger partial charge in [0, 0.05) is 17.3 Å². The molecule has 0 spiro atoms. The number of hydrogen-bond donors (Lipinski definition) is 1. The highest BCUT2D eigenvalue weighted by Crippen LogP contribution is 2.24. The third-order valence-corrected chi connectivity index (χ3v) is 3.01. The number of aliphatic hydroxyl groups excluding tert-OH is 1. The van der Waals surface area contributed by atoms with Gasteiger partial charge in [-0.15, -0.1) is 0 Å². The van der Waals surface area contributed by atoms with Gasteiger partial charge in [0.05, 0.1) is 11.6 Å². The van der Waals surface area contributed by atoms with E-state index in [9.17, 15) is 5.11 Å². The molecule has 1 heterocycles. The van der Waals surface area contributed by atoms with Gasteiger partial charge < -0.3 is 5.11 Å². The molecule has 0 bridgehead atoms. The molecule has 0 radical (unpaired) electrons. The maximum Gasteiger partial charge on any atom is 0.0886 e. The van der Waals surface area contributed by atoms with Crippen molar-refractivity contribution in [3.05, 3.63) is 42.1 Å². The standard InChI is InChI=1S/C12H13NOS/c1-15-8-12(14)10-4-2-6-11-9(10)5-3-7-13-11/h2-7,12,14H,8H2,1H3. The van der Waals surface area contributed by atoms with Gasteiger partial charge in [0.1, 0.15) is 0 Å². The van der Waals surface area contributed by atoms with E-state index in [0.717, 1.165) is 16.5 Å². The molecule has 1 unspecified atom stereocenters. The summed E-state index contributed by atoms with van der Waals surface area (Å²) >= 11 is 1.64. The highest BCUT2D eigenvalue weighted by atomic mass is 32.2. The van der Waals surface area contributed by atoms with E-state index in [1.54, 1.807) is 18.0 Å². The van der Waals surface area contributed by atoms with Crippen LogP contribution in [0.15, 0.2) is 36.5 Å². The molecule has 2 rings (SSSR count). The molecule has 3 heteroatoms. The molecule has 2 aromatic rings. The fraction of sp³-hybridized carbons (Fsp3) is 0.250. The lowest BCUT2D eigenvalue weighted by atomic mass is 10.0. The van der Waals surface area contributed by atoms with E-state index in [-0.39, 0.29) is 0 Å². The van der Waals surface area contributed by atoms with Crippen LogP contribution in [0.25, 0.3) is 10.9 Å². The summed E-state index contributed by atoms with van der Waals surface area (Å²) in [5.74, 6) is 0.716. The topological polar surface area (TPSA) is 33.1 Å². The van der Waals surface area contributed by atoms with Gasteiger partial charge in [0.25, 0.3) is 0 Å². The molecule has 2 nitrogen and oxygen atoms in total. The van der Waals surface area contributed by atoms with Crippen molar-refractivity contribution in [2.45, 2.75) is 6.10 Å². The first-order chi connectivity index (χ1) is 7.33. The predicted molar refractivity (Wildman–Crippen MR) is 65.1 cm³/mol. The van der Waals surface area contributed by atoms with Crippen LogP contribution in [-0.4, -0.2) is 22.1 Å². The SMILES string of the molecule is CSCC(O)c1cccc2ncccc12. The average molecular weight is 219 g/mol. The zero-order valence-corrected chi connectivity index (χ0v) is 9.37. The fourth-order valence-corrected chi connectivity index (χ4v) is 2.16. The molecule has 0 aliphatic carbocycles. The lowest BCUT2D eigenvalue weighted by Gasteiger charge is -2.11. The monoisotopic (exact) mass is 219 g/mol. The number of benzene rings is 1. The fourth-order valence-electron chi connectivity index (χ4n) is 1.67. The average Bonchev–Trinajstić information content (AvgIpc) is 2.28. The molecule has 0 saturated carbocycles. The highest BCUT2D eigenvalue weighted by Gasteiger charge is 2.10. The second-order valence-electron chi connectivity index (χ2n) is 3.39. The molecule has 0 amide bonds.